The Morgan fingerprint density at radius 2 is 2.00 bits per heavy atom. The standard InChI is InChI=1S/C11H16O3/c1-11(2)5-8(7-12)10(14-4)9(6-11)13-3/h5,7H,6H2,1-4H3. The highest BCUT2D eigenvalue weighted by Crippen LogP contribution is 2.36. The van der Waals surface area contributed by atoms with Gasteiger partial charge in [0.1, 0.15) is 5.76 Å². The predicted molar refractivity (Wildman–Crippen MR) is 53.6 cm³/mol. The zero-order valence-electron chi connectivity index (χ0n) is 9.09. The molecule has 1 aliphatic rings. The van der Waals surface area contributed by atoms with Gasteiger partial charge < -0.3 is 9.47 Å². The number of rotatable bonds is 3. The van der Waals surface area contributed by atoms with Crippen LogP contribution in [0.2, 0.25) is 0 Å². The first kappa shape index (κ1) is 10.8. The van der Waals surface area contributed by atoms with E-state index < -0.39 is 0 Å². The number of ether oxygens (including phenoxy) is 2. The molecule has 0 aromatic rings. The molecule has 0 saturated carbocycles. The molecule has 0 aromatic carbocycles. The van der Waals surface area contributed by atoms with Crippen molar-refractivity contribution < 1.29 is 14.3 Å². The summed E-state index contributed by atoms with van der Waals surface area (Å²) in [5, 5.41) is 0. The van der Waals surface area contributed by atoms with Crippen LogP contribution in [0.1, 0.15) is 20.3 Å². The van der Waals surface area contributed by atoms with Gasteiger partial charge in [0.25, 0.3) is 0 Å². The van der Waals surface area contributed by atoms with Crippen LogP contribution < -0.4 is 0 Å². The van der Waals surface area contributed by atoms with Crippen molar-refractivity contribution in [1.29, 1.82) is 0 Å². The van der Waals surface area contributed by atoms with Gasteiger partial charge in [0.2, 0.25) is 0 Å². The van der Waals surface area contributed by atoms with Gasteiger partial charge in [-0.05, 0) is 5.41 Å². The summed E-state index contributed by atoms with van der Waals surface area (Å²) in [4.78, 5) is 10.8. The minimum Gasteiger partial charge on any atom is -0.497 e. The first-order valence-corrected chi connectivity index (χ1v) is 4.53. The highest BCUT2D eigenvalue weighted by Gasteiger charge is 2.28. The minimum absolute atomic E-state index is 0.0520. The zero-order chi connectivity index (χ0) is 10.8. The van der Waals surface area contributed by atoms with Gasteiger partial charge in [-0.25, -0.2) is 0 Å². The highest BCUT2D eigenvalue weighted by atomic mass is 16.5. The molecule has 0 atom stereocenters. The van der Waals surface area contributed by atoms with Crippen LogP contribution in [0.15, 0.2) is 23.2 Å². The molecule has 1 aliphatic carbocycles. The van der Waals surface area contributed by atoms with Gasteiger partial charge in [-0.3, -0.25) is 4.79 Å². The largest absolute Gasteiger partial charge is 0.497 e. The van der Waals surface area contributed by atoms with Crippen LogP contribution in [0, 0.1) is 5.41 Å². The molecular formula is C11H16O3. The summed E-state index contributed by atoms with van der Waals surface area (Å²) >= 11 is 0. The summed E-state index contributed by atoms with van der Waals surface area (Å²) in [5.74, 6) is 1.30. The Kier molecular flexibility index (Phi) is 2.99. The molecule has 78 valence electrons. The van der Waals surface area contributed by atoms with Crippen LogP contribution in [0.4, 0.5) is 0 Å². The van der Waals surface area contributed by atoms with Crippen LogP contribution in [0.25, 0.3) is 0 Å². The maximum absolute atomic E-state index is 10.8. The molecule has 0 saturated heterocycles. The average Bonchev–Trinajstić information content (AvgIpc) is 2.15. The third kappa shape index (κ3) is 1.97. The summed E-state index contributed by atoms with van der Waals surface area (Å²) in [6.07, 6.45) is 3.48. The maximum Gasteiger partial charge on any atom is 0.166 e. The van der Waals surface area contributed by atoms with Crippen LogP contribution in [0.5, 0.6) is 0 Å². The number of hydrogen-bond acceptors (Lipinski definition) is 3. The molecule has 3 nitrogen and oxygen atoms in total. The molecule has 3 heteroatoms. The predicted octanol–water partition coefficient (Wildman–Crippen LogP) is 2.05. The molecule has 0 spiro atoms. The Morgan fingerprint density at radius 3 is 2.43 bits per heavy atom. The molecular weight excluding hydrogens is 180 g/mol. The number of carbonyl (C=O) groups is 1. The first-order chi connectivity index (χ1) is 6.54. The monoisotopic (exact) mass is 196 g/mol. The van der Waals surface area contributed by atoms with Crippen molar-refractivity contribution in [2.45, 2.75) is 20.3 Å². The van der Waals surface area contributed by atoms with Gasteiger partial charge >= 0.3 is 0 Å². The van der Waals surface area contributed by atoms with Crippen LogP contribution in [0.3, 0.4) is 0 Å². The maximum atomic E-state index is 10.8. The molecule has 0 heterocycles. The molecule has 0 bridgehead atoms. The van der Waals surface area contributed by atoms with Crippen molar-refractivity contribution in [3.8, 4) is 0 Å². The summed E-state index contributed by atoms with van der Waals surface area (Å²) < 4.78 is 10.4. The lowest BCUT2D eigenvalue weighted by Gasteiger charge is -2.28. The number of hydrogen-bond donors (Lipinski definition) is 0. The summed E-state index contributed by atoms with van der Waals surface area (Å²) in [6.45, 7) is 4.12. The number of aldehydes is 1. The van der Waals surface area contributed by atoms with Gasteiger partial charge in [-0.2, -0.15) is 0 Å². The van der Waals surface area contributed by atoms with Gasteiger partial charge in [0.15, 0.2) is 12.0 Å². The quantitative estimate of drug-likeness (QED) is 0.648. The molecule has 0 radical (unpaired) electrons. The molecule has 0 aliphatic heterocycles. The Balaban J connectivity index is 3.15. The van der Waals surface area contributed by atoms with E-state index in [2.05, 4.69) is 13.8 Å². The highest BCUT2D eigenvalue weighted by molar-refractivity contribution is 5.80. The number of allylic oxidation sites excluding steroid dienone is 3. The Hall–Kier alpha value is -1.25. The first-order valence-electron chi connectivity index (χ1n) is 4.53. The van der Waals surface area contributed by atoms with E-state index >= 15 is 0 Å². The molecule has 0 unspecified atom stereocenters. The molecule has 0 amide bonds. The van der Waals surface area contributed by atoms with Crippen molar-refractivity contribution in [3.05, 3.63) is 23.2 Å². The van der Waals surface area contributed by atoms with Gasteiger partial charge in [-0.1, -0.05) is 19.9 Å². The zero-order valence-corrected chi connectivity index (χ0v) is 9.09. The normalized spacial score (nSPS) is 20.1. The third-order valence-corrected chi connectivity index (χ3v) is 2.26. The molecule has 0 aromatic heterocycles. The van der Waals surface area contributed by atoms with E-state index in [1.807, 2.05) is 6.08 Å². The Bertz CT molecular complexity index is 298. The van der Waals surface area contributed by atoms with E-state index in [1.165, 1.54) is 0 Å². The Morgan fingerprint density at radius 1 is 1.36 bits per heavy atom. The van der Waals surface area contributed by atoms with Crippen LogP contribution >= 0.6 is 0 Å². The van der Waals surface area contributed by atoms with Crippen molar-refractivity contribution in [2.24, 2.45) is 5.41 Å². The molecule has 0 fully saturated rings. The fourth-order valence-corrected chi connectivity index (χ4v) is 1.68. The number of carbonyl (C=O) groups excluding carboxylic acids is 1. The van der Waals surface area contributed by atoms with E-state index in [0.29, 0.717) is 11.3 Å². The lowest BCUT2D eigenvalue weighted by molar-refractivity contribution is -0.105. The fourth-order valence-electron chi connectivity index (χ4n) is 1.68. The fraction of sp³-hybridized carbons (Fsp3) is 0.545. The molecule has 1 rings (SSSR count). The van der Waals surface area contributed by atoms with Crippen molar-refractivity contribution >= 4 is 6.29 Å². The second-order valence-electron chi connectivity index (χ2n) is 4.04. The van der Waals surface area contributed by atoms with E-state index in [1.54, 1.807) is 14.2 Å². The number of methoxy groups -OCH3 is 2. The second kappa shape index (κ2) is 3.86. The van der Waals surface area contributed by atoms with Crippen LogP contribution in [-0.4, -0.2) is 20.5 Å². The molecule has 0 N–H and O–H groups in total. The molecule has 14 heavy (non-hydrogen) atoms. The van der Waals surface area contributed by atoms with Gasteiger partial charge in [-0.15, -0.1) is 0 Å². The third-order valence-electron chi connectivity index (χ3n) is 2.26. The minimum atomic E-state index is -0.0520. The van der Waals surface area contributed by atoms with Crippen molar-refractivity contribution in [2.75, 3.05) is 14.2 Å². The SMILES string of the molecule is COC1=C(OC)C(C=O)=CC(C)(C)C1. The van der Waals surface area contributed by atoms with E-state index in [0.717, 1.165) is 18.5 Å². The van der Waals surface area contributed by atoms with Crippen molar-refractivity contribution in [1.82, 2.24) is 0 Å². The topological polar surface area (TPSA) is 35.5 Å². The van der Waals surface area contributed by atoms with Gasteiger partial charge in [0.05, 0.1) is 19.8 Å². The lowest BCUT2D eigenvalue weighted by atomic mass is 9.82. The lowest BCUT2D eigenvalue weighted by Crippen LogP contribution is -2.19. The van der Waals surface area contributed by atoms with E-state index in [9.17, 15) is 4.79 Å². The van der Waals surface area contributed by atoms with Gasteiger partial charge in [0, 0.05) is 6.42 Å². The van der Waals surface area contributed by atoms with Crippen LogP contribution in [-0.2, 0) is 14.3 Å². The summed E-state index contributed by atoms with van der Waals surface area (Å²) in [6, 6.07) is 0. The smallest absolute Gasteiger partial charge is 0.166 e. The summed E-state index contributed by atoms with van der Waals surface area (Å²) in [7, 11) is 3.14. The van der Waals surface area contributed by atoms with Crippen molar-refractivity contribution in [3.63, 3.8) is 0 Å². The second-order valence-corrected chi connectivity index (χ2v) is 4.04. The average molecular weight is 196 g/mol. The van der Waals surface area contributed by atoms with E-state index in [-0.39, 0.29) is 5.41 Å². The van der Waals surface area contributed by atoms with E-state index in [4.69, 9.17) is 9.47 Å². The summed E-state index contributed by atoms with van der Waals surface area (Å²) in [5.41, 5.74) is 0.518. The Labute approximate surface area is 84.4 Å².